The van der Waals surface area contributed by atoms with Crippen LogP contribution in [-0.2, 0) is 0 Å². The van der Waals surface area contributed by atoms with Crippen LogP contribution in [0.15, 0.2) is 59.6 Å². The molecular formula is C25H19N5O2. The van der Waals surface area contributed by atoms with Gasteiger partial charge >= 0.3 is 0 Å². The number of fused-ring (bicyclic) bond motifs is 4. The van der Waals surface area contributed by atoms with Gasteiger partial charge in [0.2, 0.25) is 0 Å². The first kappa shape index (κ1) is 18.5. The summed E-state index contributed by atoms with van der Waals surface area (Å²) in [4.78, 5) is 16.9. The smallest absolute Gasteiger partial charge is 0.142 e. The Morgan fingerprint density at radius 3 is 2.72 bits per heavy atom. The molecule has 0 saturated carbocycles. The number of hydrogen-bond donors (Lipinski definition) is 1. The van der Waals surface area contributed by atoms with Gasteiger partial charge in [-0.3, -0.25) is 4.98 Å². The van der Waals surface area contributed by atoms with E-state index in [2.05, 4.69) is 43.3 Å². The van der Waals surface area contributed by atoms with Crippen molar-refractivity contribution in [3.63, 3.8) is 0 Å². The van der Waals surface area contributed by atoms with Crippen molar-refractivity contribution in [2.45, 2.75) is 13.8 Å². The van der Waals surface area contributed by atoms with Gasteiger partial charge in [0.25, 0.3) is 0 Å². The highest BCUT2D eigenvalue weighted by Gasteiger charge is 2.20. The average Bonchev–Trinajstić information content (AvgIpc) is 3.36. The van der Waals surface area contributed by atoms with E-state index in [4.69, 9.17) is 9.26 Å². The molecule has 4 aromatic heterocycles. The van der Waals surface area contributed by atoms with Crippen LogP contribution < -0.4 is 4.74 Å². The molecule has 6 rings (SSSR count). The molecule has 7 nitrogen and oxygen atoms in total. The summed E-state index contributed by atoms with van der Waals surface area (Å²) in [6.07, 6.45) is 5.27. The minimum Gasteiger partial charge on any atom is -0.496 e. The highest BCUT2D eigenvalue weighted by Crippen LogP contribution is 2.41. The number of pyridine rings is 1. The minimum atomic E-state index is 0.740. The number of aromatic nitrogens is 5. The first-order valence-electron chi connectivity index (χ1n) is 10.3. The van der Waals surface area contributed by atoms with E-state index in [0.717, 1.165) is 72.3 Å². The summed E-state index contributed by atoms with van der Waals surface area (Å²) in [7, 11) is 1.67. The van der Waals surface area contributed by atoms with E-state index in [1.54, 1.807) is 19.6 Å². The molecule has 0 spiro atoms. The molecule has 156 valence electrons. The molecule has 0 bridgehead atoms. The average molecular weight is 421 g/mol. The van der Waals surface area contributed by atoms with Gasteiger partial charge in [0.1, 0.15) is 23.5 Å². The van der Waals surface area contributed by atoms with Crippen LogP contribution in [0.5, 0.6) is 5.75 Å². The molecule has 4 heterocycles. The minimum absolute atomic E-state index is 0.740. The molecule has 2 aromatic carbocycles. The Kier molecular flexibility index (Phi) is 3.98. The Bertz CT molecular complexity index is 1620. The number of ether oxygens (including phenoxy) is 1. The van der Waals surface area contributed by atoms with Crippen molar-refractivity contribution in [2.24, 2.45) is 0 Å². The molecule has 1 N–H and O–H groups in total. The number of aromatic amines is 1. The van der Waals surface area contributed by atoms with Crippen molar-refractivity contribution < 1.29 is 9.26 Å². The first-order valence-corrected chi connectivity index (χ1v) is 10.3. The molecule has 0 unspecified atom stereocenters. The van der Waals surface area contributed by atoms with Crippen molar-refractivity contribution in [1.82, 2.24) is 25.1 Å². The third-order valence-electron chi connectivity index (χ3n) is 5.95. The van der Waals surface area contributed by atoms with Gasteiger partial charge < -0.3 is 14.2 Å². The summed E-state index contributed by atoms with van der Waals surface area (Å²) in [5.41, 5.74) is 6.30. The van der Waals surface area contributed by atoms with E-state index in [9.17, 15) is 0 Å². The summed E-state index contributed by atoms with van der Waals surface area (Å²) in [6.45, 7) is 3.84. The van der Waals surface area contributed by atoms with Crippen LogP contribution in [0.1, 0.15) is 11.5 Å². The lowest BCUT2D eigenvalue weighted by molar-refractivity contribution is 0.393. The predicted octanol–water partition coefficient (Wildman–Crippen LogP) is 5.61. The lowest BCUT2D eigenvalue weighted by atomic mass is 9.98. The molecule has 7 heteroatoms. The fourth-order valence-electron chi connectivity index (χ4n) is 4.52. The number of aryl methyl sites for hydroxylation is 2. The number of hydrogen-bond acceptors (Lipinski definition) is 6. The van der Waals surface area contributed by atoms with Crippen LogP contribution >= 0.6 is 0 Å². The fourth-order valence-corrected chi connectivity index (χ4v) is 4.52. The summed E-state index contributed by atoms with van der Waals surface area (Å²) in [6, 6.07) is 12.3. The lowest BCUT2D eigenvalue weighted by Crippen LogP contribution is -1.91. The molecular weight excluding hydrogens is 402 g/mol. The van der Waals surface area contributed by atoms with Gasteiger partial charge in [-0.05, 0) is 37.4 Å². The molecule has 0 saturated heterocycles. The van der Waals surface area contributed by atoms with Crippen LogP contribution in [0, 0.1) is 13.8 Å². The zero-order valence-electron chi connectivity index (χ0n) is 17.8. The maximum atomic E-state index is 5.79. The van der Waals surface area contributed by atoms with E-state index < -0.39 is 0 Å². The van der Waals surface area contributed by atoms with Crippen LogP contribution in [0.2, 0.25) is 0 Å². The Morgan fingerprint density at radius 1 is 1.00 bits per heavy atom. The SMILES string of the molecule is COc1cc2c(cc1-c1c(C)noc1C)[nH]c1ncnc(-c3cccc4cnccc34)c12. The van der Waals surface area contributed by atoms with Gasteiger partial charge in [0.05, 0.1) is 29.4 Å². The Balaban J connectivity index is 1.69. The van der Waals surface area contributed by atoms with Gasteiger partial charge in [0, 0.05) is 39.8 Å². The molecule has 6 aromatic rings. The zero-order valence-corrected chi connectivity index (χ0v) is 17.8. The van der Waals surface area contributed by atoms with Crippen molar-refractivity contribution in [3.05, 3.63) is 66.6 Å². The van der Waals surface area contributed by atoms with Crippen LogP contribution in [0.4, 0.5) is 0 Å². The zero-order chi connectivity index (χ0) is 21.8. The monoisotopic (exact) mass is 421 g/mol. The maximum absolute atomic E-state index is 5.79. The van der Waals surface area contributed by atoms with Crippen LogP contribution in [0.3, 0.4) is 0 Å². The van der Waals surface area contributed by atoms with E-state index in [1.807, 2.05) is 38.2 Å². The summed E-state index contributed by atoms with van der Waals surface area (Å²) < 4.78 is 11.2. The molecule has 0 radical (unpaired) electrons. The normalized spacial score (nSPS) is 11.6. The Labute approximate surface area is 183 Å². The second-order valence-electron chi connectivity index (χ2n) is 7.77. The van der Waals surface area contributed by atoms with Crippen molar-refractivity contribution in [3.8, 4) is 28.1 Å². The van der Waals surface area contributed by atoms with E-state index in [0.29, 0.717) is 0 Å². The predicted molar refractivity (Wildman–Crippen MR) is 124 cm³/mol. The third-order valence-corrected chi connectivity index (χ3v) is 5.95. The molecule has 0 fully saturated rings. The Hall–Kier alpha value is -4.26. The standard InChI is InChI=1S/C25H19N5O2/c1-13-22(14(2)32-30-13)19-9-20-18(10-21(19)31-3)23-24(27-12-28-25(23)29-20)17-6-4-5-15-11-26-8-7-16(15)17/h4-12H,1-3H3,(H,27,28,29). The topological polar surface area (TPSA) is 89.7 Å². The van der Waals surface area contributed by atoms with E-state index >= 15 is 0 Å². The second kappa shape index (κ2) is 6.88. The van der Waals surface area contributed by atoms with E-state index in [1.165, 1.54) is 0 Å². The maximum Gasteiger partial charge on any atom is 0.142 e. The lowest BCUT2D eigenvalue weighted by Gasteiger charge is -2.10. The number of H-pyrrole nitrogens is 1. The van der Waals surface area contributed by atoms with E-state index in [-0.39, 0.29) is 0 Å². The van der Waals surface area contributed by atoms with Crippen molar-refractivity contribution in [1.29, 1.82) is 0 Å². The van der Waals surface area contributed by atoms with Crippen LogP contribution in [-0.4, -0.2) is 32.2 Å². The number of nitrogens with one attached hydrogen (secondary N) is 1. The largest absolute Gasteiger partial charge is 0.496 e. The fraction of sp³-hybridized carbons (Fsp3) is 0.120. The summed E-state index contributed by atoms with van der Waals surface area (Å²) in [5.74, 6) is 1.49. The van der Waals surface area contributed by atoms with Gasteiger partial charge in [-0.25, -0.2) is 9.97 Å². The molecule has 0 aliphatic heterocycles. The van der Waals surface area contributed by atoms with Gasteiger partial charge in [-0.2, -0.15) is 0 Å². The molecule has 0 aliphatic rings. The highest BCUT2D eigenvalue weighted by atomic mass is 16.5. The van der Waals surface area contributed by atoms with Gasteiger partial charge in [-0.1, -0.05) is 23.4 Å². The second-order valence-corrected chi connectivity index (χ2v) is 7.77. The molecule has 0 aliphatic carbocycles. The van der Waals surface area contributed by atoms with Crippen LogP contribution in [0.25, 0.3) is 55.1 Å². The molecule has 32 heavy (non-hydrogen) atoms. The number of rotatable bonds is 3. The van der Waals surface area contributed by atoms with Gasteiger partial charge in [-0.15, -0.1) is 0 Å². The van der Waals surface area contributed by atoms with Crippen molar-refractivity contribution in [2.75, 3.05) is 7.11 Å². The molecule has 0 atom stereocenters. The molecule has 0 amide bonds. The highest BCUT2D eigenvalue weighted by molar-refractivity contribution is 6.15. The van der Waals surface area contributed by atoms with Gasteiger partial charge in [0.15, 0.2) is 0 Å². The Morgan fingerprint density at radius 2 is 1.91 bits per heavy atom. The summed E-state index contributed by atoms with van der Waals surface area (Å²) >= 11 is 0. The number of nitrogens with zero attached hydrogens (tertiary/aromatic N) is 4. The first-order chi connectivity index (χ1) is 15.7. The summed E-state index contributed by atoms with van der Waals surface area (Å²) in [5, 5.41) is 8.21. The quantitative estimate of drug-likeness (QED) is 0.400. The van der Waals surface area contributed by atoms with Crippen molar-refractivity contribution >= 4 is 32.7 Å². The number of benzene rings is 2. The number of methoxy groups -OCH3 is 1. The third kappa shape index (κ3) is 2.61.